The monoisotopic (exact) mass is 272 g/mol. The lowest BCUT2D eigenvalue weighted by Crippen LogP contribution is -2.30. The molecular weight excluding hydrogens is 240 g/mol. The van der Waals surface area contributed by atoms with E-state index >= 15 is 0 Å². The predicted molar refractivity (Wildman–Crippen MR) is 80.4 cm³/mol. The molecule has 0 fully saturated rings. The van der Waals surface area contributed by atoms with Gasteiger partial charge in [0.1, 0.15) is 0 Å². The molecule has 0 aliphatic heterocycles. The van der Waals surface area contributed by atoms with Crippen LogP contribution in [-0.4, -0.2) is 39.3 Å². The van der Waals surface area contributed by atoms with Crippen LogP contribution in [0.25, 0.3) is 0 Å². The highest BCUT2D eigenvalue weighted by Gasteiger charge is 1.99. The molecule has 0 radical (unpaired) electrons. The molecule has 0 saturated carbocycles. The van der Waals surface area contributed by atoms with Crippen molar-refractivity contribution in [2.75, 3.05) is 33.4 Å². The van der Waals surface area contributed by atoms with Crippen molar-refractivity contribution in [3.63, 3.8) is 0 Å². The van der Waals surface area contributed by atoms with E-state index in [9.17, 15) is 4.79 Å². The molecular formula is C15H32N2O2. The van der Waals surface area contributed by atoms with Crippen LogP contribution in [0.15, 0.2) is 0 Å². The van der Waals surface area contributed by atoms with Gasteiger partial charge in [-0.3, -0.25) is 4.79 Å². The van der Waals surface area contributed by atoms with Crippen LogP contribution in [-0.2, 0) is 9.53 Å². The minimum Gasteiger partial charge on any atom is -0.383 e. The second kappa shape index (κ2) is 15.4. The molecule has 0 bridgehead atoms. The number of rotatable bonds is 14. The number of ether oxygens (including phenoxy) is 1. The molecule has 4 heteroatoms. The first-order valence-electron chi connectivity index (χ1n) is 7.77. The zero-order valence-electron chi connectivity index (χ0n) is 12.8. The Kier molecular flexibility index (Phi) is 15.0. The molecule has 4 nitrogen and oxygen atoms in total. The number of methoxy groups -OCH3 is 1. The fraction of sp³-hybridized carbons (Fsp3) is 0.933. The SMILES string of the molecule is CCCCCCCCCNCCC(=O)NCCOC. The van der Waals surface area contributed by atoms with Crippen molar-refractivity contribution in [3.8, 4) is 0 Å². The maximum Gasteiger partial charge on any atom is 0.221 e. The van der Waals surface area contributed by atoms with Crippen LogP contribution in [0.4, 0.5) is 0 Å². The molecule has 0 atom stereocenters. The van der Waals surface area contributed by atoms with E-state index in [1.807, 2.05) is 0 Å². The minimum atomic E-state index is 0.101. The Morgan fingerprint density at radius 2 is 1.63 bits per heavy atom. The summed E-state index contributed by atoms with van der Waals surface area (Å²) in [5.41, 5.74) is 0. The Hall–Kier alpha value is -0.610. The molecule has 0 unspecified atom stereocenters. The van der Waals surface area contributed by atoms with Gasteiger partial charge in [-0.2, -0.15) is 0 Å². The highest BCUT2D eigenvalue weighted by Crippen LogP contribution is 2.06. The first-order chi connectivity index (χ1) is 9.31. The Bertz CT molecular complexity index is 199. The molecule has 0 aromatic carbocycles. The summed E-state index contributed by atoms with van der Waals surface area (Å²) >= 11 is 0. The van der Waals surface area contributed by atoms with Crippen molar-refractivity contribution in [1.82, 2.24) is 10.6 Å². The second-order valence-corrected chi connectivity index (χ2v) is 4.96. The molecule has 2 N–H and O–H groups in total. The van der Waals surface area contributed by atoms with E-state index in [1.54, 1.807) is 7.11 Å². The highest BCUT2D eigenvalue weighted by atomic mass is 16.5. The van der Waals surface area contributed by atoms with Gasteiger partial charge in [0, 0.05) is 26.6 Å². The van der Waals surface area contributed by atoms with Gasteiger partial charge in [0.15, 0.2) is 0 Å². The van der Waals surface area contributed by atoms with Crippen molar-refractivity contribution < 1.29 is 9.53 Å². The Labute approximate surface area is 118 Å². The van der Waals surface area contributed by atoms with E-state index in [1.165, 1.54) is 44.9 Å². The van der Waals surface area contributed by atoms with Gasteiger partial charge in [-0.1, -0.05) is 45.4 Å². The predicted octanol–water partition coefficient (Wildman–Crippen LogP) is 2.48. The van der Waals surface area contributed by atoms with E-state index in [0.717, 1.165) is 13.1 Å². The normalized spacial score (nSPS) is 10.6. The second-order valence-electron chi connectivity index (χ2n) is 4.96. The third kappa shape index (κ3) is 15.3. The number of carbonyl (C=O) groups is 1. The largest absolute Gasteiger partial charge is 0.383 e. The first kappa shape index (κ1) is 18.4. The van der Waals surface area contributed by atoms with Crippen LogP contribution in [0.2, 0.25) is 0 Å². The standard InChI is InChI=1S/C15H32N2O2/c1-3-4-5-6-7-8-9-11-16-12-10-15(18)17-13-14-19-2/h16H,3-14H2,1-2H3,(H,17,18). The summed E-state index contributed by atoms with van der Waals surface area (Å²) in [4.78, 5) is 11.3. The van der Waals surface area contributed by atoms with Gasteiger partial charge in [0.25, 0.3) is 0 Å². The van der Waals surface area contributed by atoms with Gasteiger partial charge in [-0.25, -0.2) is 0 Å². The van der Waals surface area contributed by atoms with Crippen molar-refractivity contribution >= 4 is 5.91 Å². The zero-order chi connectivity index (χ0) is 14.2. The van der Waals surface area contributed by atoms with E-state index < -0.39 is 0 Å². The summed E-state index contributed by atoms with van der Waals surface area (Å²) in [5.74, 6) is 0.101. The number of amides is 1. The van der Waals surface area contributed by atoms with Gasteiger partial charge in [-0.15, -0.1) is 0 Å². The Balaban J connectivity index is 3.07. The smallest absolute Gasteiger partial charge is 0.221 e. The fourth-order valence-electron chi connectivity index (χ4n) is 1.91. The lowest BCUT2D eigenvalue weighted by molar-refractivity contribution is -0.121. The van der Waals surface area contributed by atoms with Crippen LogP contribution in [0.1, 0.15) is 58.3 Å². The summed E-state index contributed by atoms with van der Waals surface area (Å²) in [5, 5.41) is 6.13. The lowest BCUT2D eigenvalue weighted by Gasteiger charge is -2.06. The van der Waals surface area contributed by atoms with Gasteiger partial charge in [0.05, 0.1) is 6.61 Å². The summed E-state index contributed by atoms with van der Waals surface area (Å²) in [6.07, 6.45) is 9.86. The maximum absolute atomic E-state index is 11.3. The third-order valence-corrected chi connectivity index (χ3v) is 3.11. The van der Waals surface area contributed by atoms with Crippen molar-refractivity contribution in [3.05, 3.63) is 0 Å². The molecule has 1 amide bonds. The number of hydrogen-bond donors (Lipinski definition) is 2. The van der Waals surface area contributed by atoms with E-state index in [4.69, 9.17) is 4.74 Å². The molecule has 0 aliphatic rings. The Morgan fingerprint density at radius 1 is 0.947 bits per heavy atom. The van der Waals surface area contributed by atoms with E-state index in [2.05, 4.69) is 17.6 Å². The fourth-order valence-corrected chi connectivity index (χ4v) is 1.91. The Morgan fingerprint density at radius 3 is 2.32 bits per heavy atom. The lowest BCUT2D eigenvalue weighted by atomic mass is 10.1. The molecule has 0 aromatic rings. The molecule has 114 valence electrons. The van der Waals surface area contributed by atoms with E-state index in [0.29, 0.717) is 19.6 Å². The van der Waals surface area contributed by atoms with Gasteiger partial charge in [0.2, 0.25) is 5.91 Å². The van der Waals surface area contributed by atoms with Crippen molar-refractivity contribution in [2.45, 2.75) is 58.3 Å². The number of carbonyl (C=O) groups excluding carboxylic acids is 1. The minimum absolute atomic E-state index is 0.101. The quantitative estimate of drug-likeness (QED) is 0.478. The van der Waals surface area contributed by atoms with E-state index in [-0.39, 0.29) is 5.91 Å². The molecule has 19 heavy (non-hydrogen) atoms. The van der Waals surface area contributed by atoms with Crippen LogP contribution < -0.4 is 10.6 Å². The molecule has 0 saturated heterocycles. The van der Waals surface area contributed by atoms with Crippen LogP contribution in [0, 0.1) is 0 Å². The average molecular weight is 272 g/mol. The molecule has 0 rings (SSSR count). The summed E-state index contributed by atoms with van der Waals surface area (Å²) in [6.45, 7) is 5.23. The van der Waals surface area contributed by atoms with Crippen molar-refractivity contribution in [2.24, 2.45) is 0 Å². The van der Waals surface area contributed by atoms with Gasteiger partial charge in [-0.05, 0) is 13.0 Å². The summed E-state index contributed by atoms with van der Waals surface area (Å²) in [7, 11) is 1.63. The number of unbranched alkanes of at least 4 members (excludes halogenated alkanes) is 6. The van der Waals surface area contributed by atoms with Crippen molar-refractivity contribution in [1.29, 1.82) is 0 Å². The zero-order valence-corrected chi connectivity index (χ0v) is 12.8. The van der Waals surface area contributed by atoms with Gasteiger partial charge < -0.3 is 15.4 Å². The average Bonchev–Trinajstić information content (AvgIpc) is 2.41. The summed E-state index contributed by atoms with van der Waals surface area (Å²) < 4.78 is 4.87. The third-order valence-electron chi connectivity index (χ3n) is 3.11. The maximum atomic E-state index is 11.3. The first-order valence-corrected chi connectivity index (χ1v) is 7.77. The molecule has 0 spiro atoms. The van der Waals surface area contributed by atoms with Crippen LogP contribution in [0.3, 0.4) is 0 Å². The van der Waals surface area contributed by atoms with Crippen LogP contribution in [0.5, 0.6) is 0 Å². The van der Waals surface area contributed by atoms with Crippen LogP contribution >= 0.6 is 0 Å². The number of nitrogens with one attached hydrogen (secondary N) is 2. The topological polar surface area (TPSA) is 50.4 Å². The molecule has 0 aliphatic carbocycles. The highest BCUT2D eigenvalue weighted by molar-refractivity contribution is 5.75. The summed E-state index contributed by atoms with van der Waals surface area (Å²) in [6, 6.07) is 0. The van der Waals surface area contributed by atoms with Gasteiger partial charge >= 0.3 is 0 Å². The molecule has 0 aromatic heterocycles. The number of hydrogen-bond acceptors (Lipinski definition) is 3. The molecule has 0 heterocycles.